The Balaban J connectivity index is 1.72. The summed E-state index contributed by atoms with van der Waals surface area (Å²) in [6.07, 6.45) is 0.527. The Morgan fingerprint density at radius 2 is 1.88 bits per heavy atom. The Labute approximate surface area is 148 Å². The second-order valence-electron chi connectivity index (χ2n) is 5.40. The van der Waals surface area contributed by atoms with Gasteiger partial charge in [0.25, 0.3) is 0 Å². The van der Waals surface area contributed by atoms with E-state index in [4.69, 9.17) is 4.74 Å². The Bertz CT molecular complexity index is 772. The molecule has 0 aliphatic heterocycles. The zero-order chi connectivity index (χ0) is 17.9. The molecule has 2 rings (SSSR count). The van der Waals surface area contributed by atoms with Crippen molar-refractivity contribution in [3.05, 3.63) is 71.3 Å². The third-order valence-corrected chi connectivity index (χ3v) is 3.47. The molecule has 1 N–H and O–H groups in total. The van der Waals surface area contributed by atoms with Gasteiger partial charge in [-0.25, -0.2) is 4.79 Å². The summed E-state index contributed by atoms with van der Waals surface area (Å²) < 4.78 is 5.11. The maximum Gasteiger partial charge on any atom is 0.407 e. The molecule has 0 unspecified atom stereocenters. The number of rotatable bonds is 6. The first-order valence-corrected chi connectivity index (χ1v) is 8.25. The van der Waals surface area contributed by atoms with E-state index < -0.39 is 6.09 Å². The van der Waals surface area contributed by atoms with Crippen LogP contribution in [0, 0.1) is 11.8 Å². The standard InChI is InChI=1S/C21H21NO3/c1-2-20(23)19-13-8-12-17(15-19)9-6-7-14-22-21(24)25-16-18-10-4-3-5-11-18/h3-5,8,10-13,15H,2,7,14,16H2,1H3,(H,22,24). The van der Waals surface area contributed by atoms with Gasteiger partial charge in [-0.05, 0) is 17.7 Å². The van der Waals surface area contributed by atoms with E-state index in [1.165, 1.54) is 0 Å². The molecule has 0 saturated heterocycles. The summed E-state index contributed by atoms with van der Waals surface area (Å²) in [5.41, 5.74) is 2.42. The number of carbonyl (C=O) groups excluding carboxylic acids is 2. The van der Waals surface area contributed by atoms with E-state index in [-0.39, 0.29) is 12.4 Å². The molecule has 0 heterocycles. The summed E-state index contributed by atoms with van der Waals surface area (Å²) in [7, 11) is 0. The van der Waals surface area contributed by atoms with Crippen LogP contribution in [0.5, 0.6) is 0 Å². The maximum atomic E-state index is 11.7. The molecule has 2 aromatic rings. The third-order valence-electron chi connectivity index (χ3n) is 3.47. The number of hydrogen-bond acceptors (Lipinski definition) is 3. The van der Waals surface area contributed by atoms with Crippen LogP contribution in [0.4, 0.5) is 4.79 Å². The van der Waals surface area contributed by atoms with Gasteiger partial charge in [0.15, 0.2) is 5.78 Å². The van der Waals surface area contributed by atoms with Gasteiger partial charge in [-0.1, -0.05) is 61.2 Å². The van der Waals surface area contributed by atoms with Crippen molar-refractivity contribution in [2.75, 3.05) is 6.54 Å². The first-order valence-electron chi connectivity index (χ1n) is 8.25. The molecule has 0 saturated carbocycles. The van der Waals surface area contributed by atoms with E-state index in [1.807, 2.05) is 49.4 Å². The highest BCUT2D eigenvalue weighted by molar-refractivity contribution is 5.96. The highest BCUT2D eigenvalue weighted by atomic mass is 16.5. The van der Waals surface area contributed by atoms with Crippen LogP contribution < -0.4 is 5.32 Å². The lowest BCUT2D eigenvalue weighted by molar-refractivity contribution is 0.0988. The zero-order valence-electron chi connectivity index (χ0n) is 14.2. The number of ether oxygens (including phenoxy) is 1. The van der Waals surface area contributed by atoms with Gasteiger partial charge in [0.05, 0.1) is 0 Å². The number of benzene rings is 2. The summed E-state index contributed by atoms with van der Waals surface area (Å²) in [6, 6.07) is 16.8. The van der Waals surface area contributed by atoms with E-state index in [0.29, 0.717) is 24.9 Å². The summed E-state index contributed by atoms with van der Waals surface area (Å²) >= 11 is 0. The lowest BCUT2D eigenvalue weighted by Gasteiger charge is -2.05. The van der Waals surface area contributed by atoms with Crippen molar-refractivity contribution in [2.24, 2.45) is 0 Å². The average molecular weight is 335 g/mol. The molecule has 4 heteroatoms. The summed E-state index contributed by atoms with van der Waals surface area (Å²) in [5, 5.41) is 2.66. The predicted molar refractivity (Wildman–Crippen MR) is 97.2 cm³/mol. The molecule has 2 aromatic carbocycles. The van der Waals surface area contributed by atoms with Crippen molar-refractivity contribution >= 4 is 11.9 Å². The maximum absolute atomic E-state index is 11.7. The minimum absolute atomic E-state index is 0.103. The van der Waals surface area contributed by atoms with Gasteiger partial charge >= 0.3 is 6.09 Å². The number of ketones is 1. The monoisotopic (exact) mass is 335 g/mol. The van der Waals surface area contributed by atoms with Gasteiger partial charge in [-0.15, -0.1) is 0 Å². The van der Waals surface area contributed by atoms with Gasteiger partial charge in [0.2, 0.25) is 0 Å². The Morgan fingerprint density at radius 3 is 2.64 bits per heavy atom. The molecule has 25 heavy (non-hydrogen) atoms. The van der Waals surface area contributed by atoms with Crippen LogP contribution in [0.1, 0.15) is 41.3 Å². The molecule has 0 bridgehead atoms. The predicted octanol–water partition coefficient (Wildman–Crippen LogP) is 3.95. The van der Waals surface area contributed by atoms with Gasteiger partial charge in [0.1, 0.15) is 6.61 Å². The lowest BCUT2D eigenvalue weighted by atomic mass is 10.1. The van der Waals surface area contributed by atoms with Crippen LogP contribution in [0.25, 0.3) is 0 Å². The number of alkyl carbamates (subject to hydrolysis) is 1. The summed E-state index contributed by atoms with van der Waals surface area (Å²) in [5.74, 6) is 6.09. The van der Waals surface area contributed by atoms with Gasteiger partial charge in [-0.2, -0.15) is 0 Å². The molecule has 0 aliphatic rings. The molecule has 0 aliphatic carbocycles. The van der Waals surface area contributed by atoms with E-state index in [9.17, 15) is 9.59 Å². The largest absolute Gasteiger partial charge is 0.445 e. The normalized spacial score (nSPS) is 9.64. The van der Waals surface area contributed by atoms with Gasteiger partial charge in [0, 0.05) is 30.5 Å². The van der Waals surface area contributed by atoms with Crippen LogP contribution in [0.15, 0.2) is 54.6 Å². The smallest absolute Gasteiger partial charge is 0.407 e. The van der Waals surface area contributed by atoms with Gasteiger partial charge in [-0.3, -0.25) is 4.79 Å². The fraction of sp³-hybridized carbons (Fsp3) is 0.238. The topological polar surface area (TPSA) is 55.4 Å². The number of carbonyl (C=O) groups is 2. The van der Waals surface area contributed by atoms with Crippen molar-refractivity contribution in [1.82, 2.24) is 5.32 Å². The number of hydrogen-bond donors (Lipinski definition) is 1. The van der Waals surface area contributed by atoms with Crippen molar-refractivity contribution in [2.45, 2.75) is 26.4 Å². The summed E-state index contributed by atoms with van der Waals surface area (Å²) in [4.78, 5) is 23.3. The van der Waals surface area contributed by atoms with Crippen molar-refractivity contribution in [1.29, 1.82) is 0 Å². The fourth-order valence-corrected chi connectivity index (χ4v) is 2.14. The molecule has 0 spiro atoms. The third kappa shape index (κ3) is 6.52. The molecular weight excluding hydrogens is 314 g/mol. The zero-order valence-corrected chi connectivity index (χ0v) is 14.2. The molecule has 0 radical (unpaired) electrons. The van der Waals surface area contributed by atoms with Crippen LogP contribution in [0.3, 0.4) is 0 Å². The van der Waals surface area contributed by atoms with Crippen LogP contribution in [0.2, 0.25) is 0 Å². The molecular formula is C21H21NO3. The van der Waals surface area contributed by atoms with E-state index in [0.717, 1.165) is 11.1 Å². The Hall–Kier alpha value is -3.06. The average Bonchev–Trinajstić information content (AvgIpc) is 2.66. The van der Waals surface area contributed by atoms with Crippen LogP contribution in [-0.2, 0) is 11.3 Å². The molecule has 0 fully saturated rings. The lowest BCUT2D eigenvalue weighted by Crippen LogP contribution is -2.24. The SMILES string of the molecule is CCC(=O)c1cccc(C#CCCNC(=O)OCc2ccccc2)c1. The van der Waals surface area contributed by atoms with Crippen molar-refractivity contribution in [3.8, 4) is 11.8 Å². The second kappa shape index (κ2) is 9.94. The molecule has 128 valence electrons. The van der Waals surface area contributed by atoms with E-state index >= 15 is 0 Å². The first kappa shape index (κ1) is 18.3. The summed E-state index contributed by atoms with van der Waals surface area (Å²) in [6.45, 7) is 2.49. The highest BCUT2D eigenvalue weighted by Crippen LogP contribution is 2.06. The minimum atomic E-state index is -0.457. The van der Waals surface area contributed by atoms with Crippen molar-refractivity contribution in [3.63, 3.8) is 0 Å². The molecule has 0 atom stereocenters. The number of Topliss-reactive ketones (excluding diaryl/α,β-unsaturated/α-hetero) is 1. The van der Waals surface area contributed by atoms with E-state index in [1.54, 1.807) is 12.1 Å². The first-order chi connectivity index (χ1) is 12.2. The van der Waals surface area contributed by atoms with Crippen molar-refractivity contribution < 1.29 is 14.3 Å². The van der Waals surface area contributed by atoms with Crippen LogP contribution in [-0.4, -0.2) is 18.4 Å². The molecule has 1 amide bonds. The quantitative estimate of drug-likeness (QED) is 0.494. The molecule has 0 aromatic heterocycles. The second-order valence-corrected chi connectivity index (χ2v) is 5.40. The molecule has 4 nitrogen and oxygen atoms in total. The minimum Gasteiger partial charge on any atom is -0.445 e. The number of nitrogens with one attached hydrogen (secondary N) is 1. The highest BCUT2D eigenvalue weighted by Gasteiger charge is 2.02. The Kier molecular flexibility index (Phi) is 7.27. The fourth-order valence-electron chi connectivity index (χ4n) is 2.14. The van der Waals surface area contributed by atoms with E-state index in [2.05, 4.69) is 17.2 Å². The van der Waals surface area contributed by atoms with Crippen LogP contribution >= 0.6 is 0 Å². The Morgan fingerprint density at radius 1 is 1.08 bits per heavy atom. The van der Waals surface area contributed by atoms with Gasteiger partial charge < -0.3 is 10.1 Å². The number of amides is 1.